The highest BCUT2D eigenvalue weighted by Crippen LogP contribution is 2.35. The van der Waals surface area contributed by atoms with Crippen LogP contribution in [0.3, 0.4) is 0 Å². The van der Waals surface area contributed by atoms with Crippen LogP contribution in [0.2, 0.25) is 0 Å². The van der Waals surface area contributed by atoms with Gasteiger partial charge in [-0.3, -0.25) is 4.90 Å². The first-order valence-corrected chi connectivity index (χ1v) is 11.1. The Morgan fingerprint density at radius 3 is 2.38 bits per heavy atom. The van der Waals surface area contributed by atoms with Crippen molar-refractivity contribution in [2.24, 2.45) is 5.92 Å². The Morgan fingerprint density at radius 1 is 0.931 bits per heavy atom. The first-order chi connectivity index (χ1) is 14.2. The summed E-state index contributed by atoms with van der Waals surface area (Å²) in [7, 11) is 0. The van der Waals surface area contributed by atoms with E-state index in [0.717, 1.165) is 43.2 Å². The Bertz CT molecular complexity index is 727. The van der Waals surface area contributed by atoms with Gasteiger partial charge in [0.2, 0.25) is 0 Å². The van der Waals surface area contributed by atoms with E-state index in [0.29, 0.717) is 25.2 Å². The number of benzene rings is 2. The zero-order valence-electron chi connectivity index (χ0n) is 18.2. The van der Waals surface area contributed by atoms with Crippen LogP contribution in [0.25, 0.3) is 0 Å². The molecule has 0 bridgehead atoms. The van der Waals surface area contributed by atoms with Gasteiger partial charge >= 0.3 is 0 Å². The van der Waals surface area contributed by atoms with E-state index < -0.39 is 0 Å². The van der Waals surface area contributed by atoms with Crippen molar-refractivity contribution in [1.29, 1.82) is 0 Å². The van der Waals surface area contributed by atoms with Gasteiger partial charge in [0.15, 0.2) is 11.5 Å². The highest BCUT2D eigenvalue weighted by molar-refractivity contribution is 5.44. The van der Waals surface area contributed by atoms with Gasteiger partial charge in [0.05, 0.1) is 6.61 Å². The van der Waals surface area contributed by atoms with Gasteiger partial charge in [-0.25, -0.2) is 0 Å². The molecule has 1 N–H and O–H groups in total. The molecular formula is C25H36N2O2. The number of nitrogens with one attached hydrogen (secondary N) is 1. The molecule has 0 aliphatic carbocycles. The summed E-state index contributed by atoms with van der Waals surface area (Å²) in [5, 5.41) is 3.47. The minimum absolute atomic E-state index is 0.432. The molecule has 1 heterocycles. The van der Waals surface area contributed by atoms with Gasteiger partial charge in [0.25, 0.3) is 0 Å². The zero-order valence-corrected chi connectivity index (χ0v) is 18.2. The smallest absolute Gasteiger partial charge is 0.161 e. The van der Waals surface area contributed by atoms with Crippen LogP contribution in [0.1, 0.15) is 50.8 Å². The number of piperazine rings is 1. The van der Waals surface area contributed by atoms with Crippen LogP contribution in [-0.2, 0) is 6.61 Å². The Labute approximate surface area is 176 Å². The fourth-order valence-corrected chi connectivity index (χ4v) is 3.90. The zero-order chi connectivity index (χ0) is 20.5. The summed E-state index contributed by atoms with van der Waals surface area (Å²) >= 11 is 0. The second-order valence-corrected chi connectivity index (χ2v) is 8.19. The third-order valence-corrected chi connectivity index (χ3v) is 5.50. The van der Waals surface area contributed by atoms with Crippen LogP contribution in [0, 0.1) is 5.92 Å². The van der Waals surface area contributed by atoms with E-state index >= 15 is 0 Å². The quantitative estimate of drug-likeness (QED) is 0.609. The monoisotopic (exact) mass is 396 g/mol. The molecule has 0 radical (unpaired) electrons. The van der Waals surface area contributed by atoms with Crippen LogP contribution in [0.15, 0.2) is 48.5 Å². The first-order valence-electron chi connectivity index (χ1n) is 11.1. The van der Waals surface area contributed by atoms with Crippen LogP contribution >= 0.6 is 0 Å². The molecule has 1 aliphatic rings. The lowest BCUT2D eigenvalue weighted by Gasteiger charge is -2.36. The number of nitrogens with zero attached hydrogens (tertiary/aromatic N) is 1. The molecule has 0 aromatic heterocycles. The summed E-state index contributed by atoms with van der Waals surface area (Å²) in [6.45, 7) is 12.1. The Kier molecular flexibility index (Phi) is 8.38. The average molecular weight is 397 g/mol. The molecular weight excluding hydrogens is 360 g/mol. The molecule has 1 saturated heterocycles. The summed E-state index contributed by atoms with van der Waals surface area (Å²) in [4.78, 5) is 2.62. The Balaban J connectivity index is 1.79. The largest absolute Gasteiger partial charge is 0.490 e. The molecule has 0 spiro atoms. The van der Waals surface area contributed by atoms with Gasteiger partial charge in [-0.05, 0) is 48.9 Å². The van der Waals surface area contributed by atoms with Gasteiger partial charge in [0, 0.05) is 32.2 Å². The topological polar surface area (TPSA) is 33.7 Å². The maximum Gasteiger partial charge on any atom is 0.161 e. The van der Waals surface area contributed by atoms with E-state index in [1.807, 2.05) is 25.1 Å². The third kappa shape index (κ3) is 6.48. The van der Waals surface area contributed by atoms with Crippen LogP contribution in [-0.4, -0.2) is 37.7 Å². The number of rotatable bonds is 10. The summed E-state index contributed by atoms with van der Waals surface area (Å²) in [5.41, 5.74) is 2.50. The van der Waals surface area contributed by atoms with Crippen molar-refractivity contribution in [3.05, 3.63) is 59.7 Å². The molecule has 29 heavy (non-hydrogen) atoms. The minimum Gasteiger partial charge on any atom is -0.490 e. The molecule has 0 saturated carbocycles. The number of ether oxygens (including phenoxy) is 2. The summed E-state index contributed by atoms with van der Waals surface area (Å²) < 4.78 is 12.1. The Hall–Kier alpha value is -2.04. The van der Waals surface area contributed by atoms with Crippen molar-refractivity contribution in [1.82, 2.24) is 10.2 Å². The van der Waals surface area contributed by atoms with E-state index in [-0.39, 0.29) is 0 Å². The molecule has 4 heteroatoms. The summed E-state index contributed by atoms with van der Waals surface area (Å²) in [6, 6.07) is 17.2. The normalized spacial score (nSPS) is 16.0. The van der Waals surface area contributed by atoms with E-state index in [1.54, 1.807) is 0 Å². The molecule has 3 rings (SSSR count). The van der Waals surface area contributed by atoms with Crippen LogP contribution in [0.5, 0.6) is 11.5 Å². The fourth-order valence-electron chi connectivity index (χ4n) is 3.90. The van der Waals surface area contributed by atoms with Crippen molar-refractivity contribution in [3.63, 3.8) is 0 Å². The number of hydrogen-bond acceptors (Lipinski definition) is 4. The van der Waals surface area contributed by atoms with E-state index in [4.69, 9.17) is 9.47 Å². The maximum absolute atomic E-state index is 6.11. The molecule has 158 valence electrons. The molecule has 1 aliphatic heterocycles. The van der Waals surface area contributed by atoms with Crippen molar-refractivity contribution < 1.29 is 9.47 Å². The maximum atomic E-state index is 6.11. The summed E-state index contributed by atoms with van der Waals surface area (Å²) in [5.74, 6) is 2.38. The van der Waals surface area contributed by atoms with E-state index in [2.05, 4.69) is 54.4 Å². The Morgan fingerprint density at radius 2 is 1.69 bits per heavy atom. The molecule has 0 unspecified atom stereocenters. The SMILES string of the molecule is CCOc1cc([C@H](CCC(C)C)N2CCNCC2)ccc1OCc1ccccc1. The van der Waals surface area contributed by atoms with Crippen molar-refractivity contribution >= 4 is 0 Å². The number of hydrogen-bond donors (Lipinski definition) is 1. The predicted octanol–water partition coefficient (Wildman–Crippen LogP) is 5.05. The fraction of sp³-hybridized carbons (Fsp3) is 0.520. The lowest BCUT2D eigenvalue weighted by Crippen LogP contribution is -2.45. The van der Waals surface area contributed by atoms with Gasteiger partial charge < -0.3 is 14.8 Å². The second kappa shape index (κ2) is 11.2. The summed E-state index contributed by atoms with van der Waals surface area (Å²) in [6.07, 6.45) is 2.40. The molecule has 0 amide bonds. The van der Waals surface area contributed by atoms with Crippen LogP contribution in [0.4, 0.5) is 0 Å². The molecule has 2 aromatic rings. The lowest BCUT2D eigenvalue weighted by molar-refractivity contribution is 0.159. The highest BCUT2D eigenvalue weighted by atomic mass is 16.5. The molecule has 4 nitrogen and oxygen atoms in total. The van der Waals surface area contributed by atoms with E-state index in [9.17, 15) is 0 Å². The lowest BCUT2D eigenvalue weighted by atomic mass is 9.95. The van der Waals surface area contributed by atoms with Gasteiger partial charge in [-0.15, -0.1) is 0 Å². The first kappa shape index (κ1) is 21.7. The van der Waals surface area contributed by atoms with Gasteiger partial charge in [-0.2, -0.15) is 0 Å². The third-order valence-electron chi connectivity index (χ3n) is 5.50. The van der Waals surface area contributed by atoms with E-state index in [1.165, 1.54) is 18.4 Å². The van der Waals surface area contributed by atoms with Gasteiger partial charge in [0.1, 0.15) is 6.61 Å². The van der Waals surface area contributed by atoms with Crippen LogP contribution < -0.4 is 14.8 Å². The molecule has 2 aromatic carbocycles. The predicted molar refractivity (Wildman–Crippen MR) is 120 cm³/mol. The second-order valence-electron chi connectivity index (χ2n) is 8.19. The van der Waals surface area contributed by atoms with Crippen molar-refractivity contribution in [2.45, 2.75) is 46.3 Å². The highest BCUT2D eigenvalue weighted by Gasteiger charge is 2.23. The standard InChI is InChI=1S/C25H36N2O2/c1-4-28-25-18-22(11-13-24(25)29-19-21-8-6-5-7-9-21)23(12-10-20(2)3)27-16-14-26-15-17-27/h5-9,11,13,18,20,23,26H,4,10,12,14-17,19H2,1-3H3/t23-/m0/s1. The minimum atomic E-state index is 0.432. The average Bonchev–Trinajstić information content (AvgIpc) is 2.75. The van der Waals surface area contributed by atoms with Crippen molar-refractivity contribution in [3.8, 4) is 11.5 Å². The molecule has 1 fully saturated rings. The van der Waals surface area contributed by atoms with Gasteiger partial charge in [-0.1, -0.05) is 50.2 Å². The van der Waals surface area contributed by atoms with Crippen molar-refractivity contribution in [2.75, 3.05) is 32.8 Å². The molecule has 1 atom stereocenters.